The Bertz CT molecular complexity index is 686. The Morgan fingerprint density at radius 2 is 1.91 bits per heavy atom. The highest BCUT2D eigenvalue weighted by atomic mass is 16.5. The predicted octanol–water partition coefficient (Wildman–Crippen LogP) is 3.53. The van der Waals surface area contributed by atoms with E-state index in [1.54, 1.807) is 19.1 Å². The fourth-order valence-corrected chi connectivity index (χ4v) is 2.12. The molecule has 1 aromatic heterocycles. The van der Waals surface area contributed by atoms with Crippen LogP contribution in [0, 0.1) is 6.92 Å². The number of benzene rings is 1. The van der Waals surface area contributed by atoms with Gasteiger partial charge in [0.2, 0.25) is 0 Å². The SMILES string of the molecule is CCOC(=O)c1ccccc1Nc1cc(NC(C)C)nc(C)n1. The lowest BCUT2D eigenvalue weighted by Crippen LogP contribution is -2.13. The highest BCUT2D eigenvalue weighted by Crippen LogP contribution is 2.22. The van der Waals surface area contributed by atoms with Crippen molar-refractivity contribution in [2.45, 2.75) is 33.7 Å². The van der Waals surface area contributed by atoms with Crippen molar-refractivity contribution in [3.63, 3.8) is 0 Å². The molecular weight excluding hydrogens is 292 g/mol. The highest BCUT2D eigenvalue weighted by Gasteiger charge is 2.13. The summed E-state index contributed by atoms with van der Waals surface area (Å²) in [6.45, 7) is 8.03. The van der Waals surface area contributed by atoms with Gasteiger partial charge in [-0.3, -0.25) is 0 Å². The van der Waals surface area contributed by atoms with Gasteiger partial charge in [0.1, 0.15) is 17.5 Å². The number of ether oxygens (including phenoxy) is 1. The first kappa shape index (κ1) is 16.7. The first-order valence-corrected chi connectivity index (χ1v) is 7.65. The van der Waals surface area contributed by atoms with Crippen LogP contribution < -0.4 is 10.6 Å². The quantitative estimate of drug-likeness (QED) is 0.794. The van der Waals surface area contributed by atoms with E-state index in [4.69, 9.17) is 4.74 Å². The van der Waals surface area contributed by atoms with Crippen molar-refractivity contribution in [2.75, 3.05) is 17.2 Å². The minimum atomic E-state index is -0.359. The topological polar surface area (TPSA) is 76.1 Å². The van der Waals surface area contributed by atoms with Crippen LogP contribution >= 0.6 is 0 Å². The van der Waals surface area contributed by atoms with Crippen LogP contribution in [0.15, 0.2) is 30.3 Å². The number of rotatable bonds is 6. The van der Waals surface area contributed by atoms with Gasteiger partial charge in [-0.1, -0.05) is 12.1 Å². The van der Waals surface area contributed by atoms with Crippen LogP contribution in [-0.4, -0.2) is 28.6 Å². The van der Waals surface area contributed by atoms with Crippen LogP contribution in [0.4, 0.5) is 17.3 Å². The number of aryl methyl sites for hydroxylation is 1. The third-order valence-electron chi connectivity index (χ3n) is 2.96. The molecule has 1 heterocycles. The molecule has 1 aromatic carbocycles. The van der Waals surface area contributed by atoms with Gasteiger partial charge >= 0.3 is 5.97 Å². The third kappa shape index (κ3) is 4.67. The molecule has 0 saturated heterocycles. The molecule has 0 aliphatic heterocycles. The number of para-hydroxylation sites is 1. The molecule has 0 atom stereocenters. The van der Waals surface area contributed by atoms with Gasteiger partial charge in [0, 0.05) is 12.1 Å². The normalized spacial score (nSPS) is 10.5. The number of hydrogen-bond acceptors (Lipinski definition) is 6. The average Bonchev–Trinajstić information content (AvgIpc) is 2.46. The van der Waals surface area contributed by atoms with Crippen LogP contribution in [-0.2, 0) is 4.74 Å². The monoisotopic (exact) mass is 314 g/mol. The van der Waals surface area contributed by atoms with Gasteiger partial charge in [-0.25, -0.2) is 14.8 Å². The van der Waals surface area contributed by atoms with Crippen molar-refractivity contribution in [1.82, 2.24) is 9.97 Å². The second-order valence-electron chi connectivity index (χ2n) is 5.38. The molecule has 0 saturated carbocycles. The van der Waals surface area contributed by atoms with Crippen LogP contribution in [0.5, 0.6) is 0 Å². The summed E-state index contributed by atoms with van der Waals surface area (Å²) in [6, 6.07) is 9.28. The van der Waals surface area contributed by atoms with E-state index in [1.165, 1.54) is 0 Å². The number of hydrogen-bond donors (Lipinski definition) is 2. The van der Waals surface area contributed by atoms with Crippen molar-refractivity contribution < 1.29 is 9.53 Å². The van der Waals surface area contributed by atoms with Gasteiger partial charge in [-0.15, -0.1) is 0 Å². The van der Waals surface area contributed by atoms with Gasteiger partial charge in [0.15, 0.2) is 0 Å². The molecule has 6 nitrogen and oxygen atoms in total. The maximum absolute atomic E-state index is 12.0. The molecule has 6 heteroatoms. The summed E-state index contributed by atoms with van der Waals surface area (Å²) in [6.07, 6.45) is 0. The summed E-state index contributed by atoms with van der Waals surface area (Å²) >= 11 is 0. The van der Waals surface area contributed by atoms with Crippen LogP contribution in [0.1, 0.15) is 37.0 Å². The van der Waals surface area contributed by atoms with Crippen molar-refractivity contribution >= 4 is 23.3 Å². The second kappa shape index (κ2) is 7.58. The van der Waals surface area contributed by atoms with Gasteiger partial charge in [0.25, 0.3) is 0 Å². The predicted molar refractivity (Wildman–Crippen MR) is 91.2 cm³/mol. The molecule has 23 heavy (non-hydrogen) atoms. The molecule has 2 aromatic rings. The standard InChI is InChI=1S/C17H22N4O2/c1-5-23-17(22)13-8-6-7-9-14(13)21-16-10-15(18-11(2)3)19-12(4)20-16/h6-11H,5H2,1-4H3,(H2,18,19,20,21). The summed E-state index contributed by atoms with van der Waals surface area (Å²) in [7, 11) is 0. The Morgan fingerprint density at radius 3 is 2.61 bits per heavy atom. The summed E-state index contributed by atoms with van der Waals surface area (Å²) < 4.78 is 5.08. The van der Waals surface area contributed by atoms with E-state index >= 15 is 0 Å². The second-order valence-corrected chi connectivity index (χ2v) is 5.38. The van der Waals surface area contributed by atoms with E-state index in [1.807, 2.05) is 39.0 Å². The number of nitrogens with one attached hydrogen (secondary N) is 2. The molecule has 0 aliphatic carbocycles. The Hall–Kier alpha value is -2.63. The van der Waals surface area contributed by atoms with Gasteiger partial charge < -0.3 is 15.4 Å². The lowest BCUT2D eigenvalue weighted by Gasteiger charge is -2.14. The zero-order valence-electron chi connectivity index (χ0n) is 13.9. The van der Waals surface area contributed by atoms with Gasteiger partial charge in [0.05, 0.1) is 17.9 Å². The van der Waals surface area contributed by atoms with Crippen LogP contribution in [0.25, 0.3) is 0 Å². The third-order valence-corrected chi connectivity index (χ3v) is 2.96. The number of aromatic nitrogens is 2. The van der Waals surface area contributed by atoms with Gasteiger partial charge in [-0.05, 0) is 39.8 Å². The first-order valence-electron chi connectivity index (χ1n) is 7.65. The molecule has 0 aliphatic rings. The van der Waals surface area contributed by atoms with E-state index in [0.29, 0.717) is 29.5 Å². The number of esters is 1. The fraction of sp³-hybridized carbons (Fsp3) is 0.353. The highest BCUT2D eigenvalue weighted by molar-refractivity contribution is 5.96. The fourth-order valence-electron chi connectivity index (χ4n) is 2.12. The summed E-state index contributed by atoms with van der Waals surface area (Å²) in [5.41, 5.74) is 1.13. The Morgan fingerprint density at radius 1 is 1.22 bits per heavy atom. The van der Waals surface area contributed by atoms with Crippen molar-refractivity contribution in [3.05, 3.63) is 41.7 Å². The first-order chi connectivity index (χ1) is 11.0. The van der Waals surface area contributed by atoms with Crippen molar-refractivity contribution in [1.29, 1.82) is 0 Å². The summed E-state index contributed by atoms with van der Waals surface area (Å²) in [4.78, 5) is 20.7. The molecule has 122 valence electrons. The number of nitrogens with zero attached hydrogens (tertiary/aromatic N) is 2. The molecule has 0 bridgehead atoms. The number of anilines is 3. The minimum absolute atomic E-state index is 0.268. The van der Waals surface area contributed by atoms with E-state index in [9.17, 15) is 4.79 Å². The summed E-state index contributed by atoms with van der Waals surface area (Å²) in [5, 5.41) is 6.42. The minimum Gasteiger partial charge on any atom is -0.462 e. The van der Waals surface area contributed by atoms with Gasteiger partial charge in [-0.2, -0.15) is 0 Å². The molecule has 0 amide bonds. The van der Waals surface area contributed by atoms with Crippen LogP contribution in [0.3, 0.4) is 0 Å². The lowest BCUT2D eigenvalue weighted by atomic mass is 10.2. The summed E-state index contributed by atoms with van der Waals surface area (Å²) in [5.74, 6) is 1.65. The zero-order chi connectivity index (χ0) is 16.8. The average molecular weight is 314 g/mol. The number of carbonyl (C=O) groups excluding carboxylic acids is 1. The van der Waals surface area contributed by atoms with Crippen LogP contribution in [0.2, 0.25) is 0 Å². The molecule has 2 rings (SSSR count). The van der Waals surface area contributed by atoms with Crippen molar-refractivity contribution in [2.24, 2.45) is 0 Å². The smallest absolute Gasteiger partial charge is 0.340 e. The molecule has 0 radical (unpaired) electrons. The van der Waals surface area contributed by atoms with E-state index < -0.39 is 0 Å². The largest absolute Gasteiger partial charge is 0.462 e. The molecule has 0 spiro atoms. The Kier molecular flexibility index (Phi) is 5.51. The molecule has 2 N–H and O–H groups in total. The Labute approximate surface area is 136 Å². The van der Waals surface area contributed by atoms with Crippen molar-refractivity contribution in [3.8, 4) is 0 Å². The maximum Gasteiger partial charge on any atom is 0.340 e. The van der Waals surface area contributed by atoms with E-state index in [-0.39, 0.29) is 12.0 Å². The molecule has 0 fully saturated rings. The zero-order valence-corrected chi connectivity index (χ0v) is 13.9. The van der Waals surface area contributed by atoms with E-state index in [2.05, 4.69) is 20.6 Å². The molecule has 0 unspecified atom stereocenters. The van der Waals surface area contributed by atoms with E-state index in [0.717, 1.165) is 5.82 Å². The molecular formula is C17H22N4O2. The maximum atomic E-state index is 12.0. The number of carbonyl (C=O) groups is 1. The Balaban J connectivity index is 2.29. The lowest BCUT2D eigenvalue weighted by molar-refractivity contribution is 0.0527.